The molecule has 0 radical (unpaired) electrons. The summed E-state index contributed by atoms with van der Waals surface area (Å²) in [5.74, 6) is 0. The first kappa shape index (κ1) is 10.4. The SMILES string of the molecule is O=CC1(c2ccccc2[N+](=O)[O-])CC=CO1. The molecule has 2 rings (SSSR count). The van der Waals surface area contributed by atoms with Crippen LogP contribution in [0.25, 0.3) is 0 Å². The molecule has 0 saturated carbocycles. The zero-order chi connectivity index (χ0) is 11.6. The van der Waals surface area contributed by atoms with Crippen LogP contribution in [0.1, 0.15) is 12.0 Å². The lowest BCUT2D eigenvalue weighted by Gasteiger charge is -2.21. The van der Waals surface area contributed by atoms with Gasteiger partial charge in [0.2, 0.25) is 0 Å². The molecule has 0 bridgehead atoms. The van der Waals surface area contributed by atoms with Crippen molar-refractivity contribution in [3.63, 3.8) is 0 Å². The predicted molar refractivity (Wildman–Crippen MR) is 55.7 cm³/mol. The van der Waals surface area contributed by atoms with Gasteiger partial charge in [0, 0.05) is 12.5 Å². The largest absolute Gasteiger partial charge is 0.482 e. The molecular formula is C11H9NO4. The van der Waals surface area contributed by atoms with Crippen LogP contribution in [0.15, 0.2) is 36.6 Å². The lowest BCUT2D eigenvalue weighted by atomic mass is 9.91. The summed E-state index contributed by atoms with van der Waals surface area (Å²) >= 11 is 0. The standard InChI is InChI=1S/C11H9NO4/c13-8-11(6-3-7-16-11)9-4-1-2-5-10(9)12(14)15/h1-5,7-8H,6H2. The van der Waals surface area contributed by atoms with Gasteiger partial charge in [-0.2, -0.15) is 0 Å². The van der Waals surface area contributed by atoms with Crippen LogP contribution in [0, 0.1) is 10.1 Å². The topological polar surface area (TPSA) is 69.4 Å². The molecule has 16 heavy (non-hydrogen) atoms. The van der Waals surface area contributed by atoms with E-state index in [2.05, 4.69) is 0 Å². The molecule has 1 unspecified atom stereocenters. The van der Waals surface area contributed by atoms with E-state index in [1.54, 1.807) is 24.3 Å². The van der Waals surface area contributed by atoms with Gasteiger partial charge in [-0.3, -0.25) is 14.9 Å². The fraction of sp³-hybridized carbons (Fsp3) is 0.182. The Morgan fingerprint density at radius 1 is 1.44 bits per heavy atom. The van der Waals surface area contributed by atoms with Crippen molar-refractivity contribution in [3.05, 3.63) is 52.3 Å². The zero-order valence-electron chi connectivity index (χ0n) is 8.33. The highest BCUT2D eigenvalue weighted by molar-refractivity contribution is 5.70. The molecule has 5 nitrogen and oxygen atoms in total. The van der Waals surface area contributed by atoms with Crippen LogP contribution in [0.5, 0.6) is 0 Å². The Hall–Kier alpha value is -2.17. The summed E-state index contributed by atoms with van der Waals surface area (Å²) in [6, 6.07) is 6.11. The zero-order valence-corrected chi connectivity index (χ0v) is 8.33. The van der Waals surface area contributed by atoms with Gasteiger partial charge in [-0.25, -0.2) is 0 Å². The fourth-order valence-electron chi connectivity index (χ4n) is 1.74. The predicted octanol–water partition coefficient (Wildman–Crippen LogP) is 1.92. The molecule has 0 amide bonds. The second-order valence-corrected chi connectivity index (χ2v) is 3.48. The molecule has 1 atom stereocenters. The lowest BCUT2D eigenvalue weighted by Crippen LogP contribution is -2.27. The van der Waals surface area contributed by atoms with E-state index in [1.165, 1.54) is 12.3 Å². The minimum Gasteiger partial charge on any atom is -0.482 e. The van der Waals surface area contributed by atoms with Gasteiger partial charge in [0.1, 0.15) is 0 Å². The summed E-state index contributed by atoms with van der Waals surface area (Å²) in [7, 11) is 0. The number of benzene rings is 1. The van der Waals surface area contributed by atoms with E-state index in [9.17, 15) is 14.9 Å². The number of para-hydroxylation sites is 1. The molecule has 1 aliphatic heterocycles. The smallest absolute Gasteiger partial charge is 0.277 e. The van der Waals surface area contributed by atoms with E-state index in [4.69, 9.17) is 4.74 Å². The maximum Gasteiger partial charge on any atom is 0.277 e. The van der Waals surface area contributed by atoms with Gasteiger partial charge in [-0.1, -0.05) is 12.1 Å². The Bertz CT molecular complexity index is 459. The van der Waals surface area contributed by atoms with E-state index in [1.807, 2.05) is 0 Å². The molecule has 0 saturated heterocycles. The Kier molecular flexibility index (Phi) is 2.44. The summed E-state index contributed by atoms with van der Waals surface area (Å²) in [5.41, 5.74) is -1.04. The highest BCUT2D eigenvalue weighted by Gasteiger charge is 2.40. The van der Waals surface area contributed by atoms with Crippen LogP contribution in [0.3, 0.4) is 0 Å². The minimum atomic E-state index is -1.23. The maximum atomic E-state index is 11.1. The molecule has 0 N–H and O–H groups in total. The average Bonchev–Trinajstić information content (AvgIpc) is 2.78. The van der Waals surface area contributed by atoms with Gasteiger partial charge in [-0.15, -0.1) is 0 Å². The fourth-order valence-corrected chi connectivity index (χ4v) is 1.74. The van der Waals surface area contributed by atoms with E-state index in [0.29, 0.717) is 18.3 Å². The van der Waals surface area contributed by atoms with Crippen LogP contribution in [-0.2, 0) is 15.1 Å². The number of nitrogens with zero attached hydrogens (tertiary/aromatic N) is 1. The molecule has 1 heterocycles. The number of hydrogen-bond donors (Lipinski definition) is 0. The second kappa shape index (κ2) is 3.77. The number of rotatable bonds is 3. The van der Waals surface area contributed by atoms with Crippen molar-refractivity contribution in [2.45, 2.75) is 12.0 Å². The Morgan fingerprint density at radius 3 is 2.75 bits per heavy atom. The summed E-state index contributed by atoms with van der Waals surface area (Å²) in [5, 5.41) is 10.9. The first-order valence-electron chi connectivity index (χ1n) is 4.73. The molecule has 0 aromatic heterocycles. The van der Waals surface area contributed by atoms with Crippen molar-refractivity contribution in [2.75, 3.05) is 0 Å². The molecule has 1 aromatic rings. The van der Waals surface area contributed by atoms with Crippen LogP contribution >= 0.6 is 0 Å². The van der Waals surface area contributed by atoms with E-state index < -0.39 is 10.5 Å². The molecule has 0 fully saturated rings. The van der Waals surface area contributed by atoms with Crippen molar-refractivity contribution >= 4 is 12.0 Å². The Balaban J connectivity index is 2.54. The number of carbonyl (C=O) groups excluding carboxylic acids is 1. The van der Waals surface area contributed by atoms with Gasteiger partial charge in [0.15, 0.2) is 11.9 Å². The molecule has 82 valence electrons. The van der Waals surface area contributed by atoms with Crippen molar-refractivity contribution < 1.29 is 14.5 Å². The van der Waals surface area contributed by atoms with Crippen molar-refractivity contribution in [3.8, 4) is 0 Å². The summed E-state index contributed by atoms with van der Waals surface area (Å²) < 4.78 is 5.21. The van der Waals surface area contributed by atoms with Crippen LogP contribution in [0.2, 0.25) is 0 Å². The second-order valence-electron chi connectivity index (χ2n) is 3.48. The van der Waals surface area contributed by atoms with Gasteiger partial charge < -0.3 is 4.74 Å². The molecule has 1 aliphatic rings. The highest BCUT2D eigenvalue weighted by atomic mass is 16.6. The first-order chi connectivity index (χ1) is 7.69. The number of nitro groups is 1. The van der Waals surface area contributed by atoms with Crippen LogP contribution < -0.4 is 0 Å². The third-order valence-corrected chi connectivity index (χ3v) is 2.54. The summed E-state index contributed by atoms with van der Waals surface area (Å²) in [4.78, 5) is 21.5. The Morgan fingerprint density at radius 2 is 2.19 bits per heavy atom. The number of hydrogen-bond acceptors (Lipinski definition) is 4. The third-order valence-electron chi connectivity index (χ3n) is 2.54. The van der Waals surface area contributed by atoms with E-state index >= 15 is 0 Å². The Labute approximate surface area is 91.5 Å². The molecular weight excluding hydrogens is 210 g/mol. The van der Waals surface area contributed by atoms with Gasteiger partial charge in [-0.05, 0) is 12.1 Å². The average molecular weight is 219 g/mol. The molecule has 5 heteroatoms. The number of ether oxygens (including phenoxy) is 1. The quantitative estimate of drug-likeness (QED) is 0.442. The molecule has 0 aliphatic carbocycles. The van der Waals surface area contributed by atoms with Crippen molar-refractivity contribution in [1.29, 1.82) is 0 Å². The van der Waals surface area contributed by atoms with Crippen LogP contribution in [0.4, 0.5) is 5.69 Å². The highest BCUT2D eigenvalue weighted by Crippen LogP contribution is 2.37. The van der Waals surface area contributed by atoms with Gasteiger partial charge in [0.05, 0.1) is 16.7 Å². The minimum absolute atomic E-state index is 0.0988. The number of carbonyl (C=O) groups is 1. The third kappa shape index (κ3) is 1.46. The van der Waals surface area contributed by atoms with Crippen LogP contribution in [-0.4, -0.2) is 11.2 Å². The lowest BCUT2D eigenvalue weighted by molar-refractivity contribution is -0.386. The van der Waals surface area contributed by atoms with E-state index in [0.717, 1.165) is 0 Å². The maximum absolute atomic E-state index is 11.1. The van der Waals surface area contributed by atoms with Crippen molar-refractivity contribution in [2.24, 2.45) is 0 Å². The van der Waals surface area contributed by atoms with E-state index in [-0.39, 0.29) is 5.69 Å². The summed E-state index contributed by atoms with van der Waals surface area (Å²) in [6.45, 7) is 0. The summed E-state index contributed by atoms with van der Waals surface area (Å²) in [6.07, 6.45) is 3.99. The normalized spacial score (nSPS) is 22.8. The number of nitro benzene ring substituents is 1. The van der Waals surface area contributed by atoms with Crippen molar-refractivity contribution in [1.82, 2.24) is 0 Å². The monoisotopic (exact) mass is 219 g/mol. The van der Waals surface area contributed by atoms with Gasteiger partial charge >= 0.3 is 0 Å². The molecule has 0 spiro atoms. The number of aldehydes is 1. The van der Waals surface area contributed by atoms with Gasteiger partial charge in [0.25, 0.3) is 5.69 Å². The first-order valence-corrected chi connectivity index (χ1v) is 4.73. The molecule has 1 aromatic carbocycles.